The Morgan fingerprint density at radius 3 is 2.52 bits per heavy atom. The van der Waals surface area contributed by atoms with Gasteiger partial charge >= 0.3 is 0 Å². The summed E-state index contributed by atoms with van der Waals surface area (Å²) in [6.45, 7) is 3.16. The Kier molecular flexibility index (Phi) is 5.03. The lowest BCUT2D eigenvalue weighted by atomic mass is 10.1. The summed E-state index contributed by atoms with van der Waals surface area (Å²) in [4.78, 5) is 6.44. The molecule has 2 atom stereocenters. The van der Waals surface area contributed by atoms with Crippen LogP contribution in [0.3, 0.4) is 0 Å². The number of nitrogens with zero attached hydrogens (tertiary/aromatic N) is 2. The minimum Gasteiger partial charge on any atom is -0.367 e. The molecule has 2 aromatic rings. The number of sulfonamides is 1. The third-order valence-electron chi connectivity index (χ3n) is 4.13. The van der Waals surface area contributed by atoms with Crippen LogP contribution in [0.15, 0.2) is 47.5 Å². The number of ether oxygens (including phenoxy) is 1. The highest BCUT2D eigenvalue weighted by atomic mass is 32.2. The van der Waals surface area contributed by atoms with Crippen LogP contribution in [0, 0.1) is 5.82 Å². The highest BCUT2D eigenvalue weighted by molar-refractivity contribution is 7.89. The Morgan fingerprint density at radius 2 is 1.92 bits per heavy atom. The summed E-state index contributed by atoms with van der Waals surface area (Å²) >= 11 is 0. The molecule has 25 heavy (non-hydrogen) atoms. The molecule has 0 saturated carbocycles. The Hall–Kier alpha value is -2.03. The topological polar surface area (TPSA) is 71.5 Å². The molecular formula is C17H20FN3O3S. The fourth-order valence-corrected chi connectivity index (χ4v) is 3.51. The Balaban J connectivity index is 1.81. The number of pyridine rings is 1. The second kappa shape index (κ2) is 7.07. The maximum absolute atomic E-state index is 13.1. The maximum Gasteiger partial charge on any atom is 0.241 e. The summed E-state index contributed by atoms with van der Waals surface area (Å²) in [6, 6.07) is 9.47. The van der Waals surface area contributed by atoms with E-state index in [1.165, 1.54) is 31.4 Å². The number of morpholine rings is 1. The van der Waals surface area contributed by atoms with Gasteiger partial charge in [-0.2, -0.15) is 0 Å². The van der Waals surface area contributed by atoms with Gasteiger partial charge < -0.3 is 9.64 Å². The molecular weight excluding hydrogens is 345 g/mol. The van der Waals surface area contributed by atoms with Crippen LogP contribution in [0.1, 0.15) is 18.6 Å². The SMILES string of the molecule is CNS(=O)(=O)c1ccc(N2CC(C)OC(c3ccc(F)cc3)C2)nc1. The van der Waals surface area contributed by atoms with E-state index in [1.54, 1.807) is 18.2 Å². The van der Waals surface area contributed by atoms with Crippen LogP contribution in [-0.2, 0) is 14.8 Å². The van der Waals surface area contributed by atoms with Gasteiger partial charge in [0, 0.05) is 19.3 Å². The molecule has 0 aliphatic carbocycles. The molecule has 1 fully saturated rings. The lowest BCUT2D eigenvalue weighted by Gasteiger charge is -2.37. The molecule has 134 valence electrons. The first-order valence-electron chi connectivity index (χ1n) is 7.94. The molecule has 2 unspecified atom stereocenters. The molecule has 1 aliphatic rings. The number of nitrogens with one attached hydrogen (secondary N) is 1. The van der Waals surface area contributed by atoms with Crippen molar-refractivity contribution < 1.29 is 17.5 Å². The van der Waals surface area contributed by atoms with Crippen LogP contribution < -0.4 is 9.62 Å². The second-order valence-corrected chi connectivity index (χ2v) is 7.84. The second-order valence-electron chi connectivity index (χ2n) is 5.95. The van der Waals surface area contributed by atoms with Crippen LogP contribution in [0.2, 0.25) is 0 Å². The van der Waals surface area contributed by atoms with Gasteiger partial charge in [0.1, 0.15) is 22.6 Å². The van der Waals surface area contributed by atoms with E-state index >= 15 is 0 Å². The minimum absolute atomic E-state index is 0.0358. The molecule has 8 heteroatoms. The Morgan fingerprint density at radius 1 is 1.20 bits per heavy atom. The van der Waals surface area contributed by atoms with Crippen molar-refractivity contribution in [3.8, 4) is 0 Å². The largest absolute Gasteiger partial charge is 0.367 e. The highest BCUT2D eigenvalue weighted by Gasteiger charge is 2.27. The molecule has 2 heterocycles. The summed E-state index contributed by atoms with van der Waals surface area (Å²) in [5.74, 6) is 0.393. The first-order valence-corrected chi connectivity index (χ1v) is 9.43. The molecule has 1 aliphatic heterocycles. The summed E-state index contributed by atoms with van der Waals surface area (Å²) in [6.07, 6.45) is 1.10. The third-order valence-corrected chi connectivity index (χ3v) is 5.53. The first kappa shape index (κ1) is 17.8. The van der Waals surface area contributed by atoms with Gasteiger partial charge in [-0.05, 0) is 43.8 Å². The predicted octanol–water partition coefficient (Wildman–Crippen LogP) is 2.10. The van der Waals surface area contributed by atoms with Crippen molar-refractivity contribution in [1.82, 2.24) is 9.71 Å². The van der Waals surface area contributed by atoms with E-state index in [1.807, 2.05) is 11.8 Å². The molecule has 0 amide bonds. The smallest absolute Gasteiger partial charge is 0.241 e. The predicted molar refractivity (Wildman–Crippen MR) is 92.4 cm³/mol. The van der Waals surface area contributed by atoms with Crippen LogP contribution in [0.25, 0.3) is 0 Å². The fourth-order valence-electron chi connectivity index (χ4n) is 2.84. The molecule has 3 rings (SSSR count). The average Bonchev–Trinajstić information content (AvgIpc) is 2.62. The monoisotopic (exact) mass is 365 g/mol. The summed E-state index contributed by atoms with van der Waals surface area (Å²) in [7, 11) is -2.14. The quantitative estimate of drug-likeness (QED) is 0.898. The molecule has 1 aromatic heterocycles. The summed E-state index contributed by atoms with van der Waals surface area (Å²) < 4.78 is 44.9. The van der Waals surface area contributed by atoms with Crippen molar-refractivity contribution in [1.29, 1.82) is 0 Å². The van der Waals surface area contributed by atoms with E-state index in [2.05, 4.69) is 9.71 Å². The van der Waals surface area contributed by atoms with Gasteiger partial charge in [0.05, 0.1) is 6.10 Å². The normalized spacial score (nSPS) is 21.3. The van der Waals surface area contributed by atoms with Crippen molar-refractivity contribution >= 4 is 15.8 Å². The zero-order valence-corrected chi connectivity index (χ0v) is 14.8. The van der Waals surface area contributed by atoms with Gasteiger partial charge in [-0.3, -0.25) is 0 Å². The highest BCUT2D eigenvalue weighted by Crippen LogP contribution is 2.28. The minimum atomic E-state index is -3.51. The van der Waals surface area contributed by atoms with Crippen LogP contribution >= 0.6 is 0 Å². The molecule has 1 saturated heterocycles. The van der Waals surface area contributed by atoms with Gasteiger partial charge in [0.2, 0.25) is 10.0 Å². The van der Waals surface area contributed by atoms with Crippen LogP contribution in [0.4, 0.5) is 10.2 Å². The molecule has 0 radical (unpaired) electrons. The van der Waals surface area contributed by atoms with Gasteiger partial charge in [-0.25, -0.2) is 22.5 Å². The van der Waals surface area contributed by atoms with Crippen molar-refractivity contribution in [3.63, 3.8) is 0 Å². The third kappa shape index (κ3) is 3.97. The number of halogens is 1. The summed E-state index contributed by atoms with van der Waals surface area (Å²) in [5, 5.41) is 0. The number of benzene rings is 1. The number of hydrogen-bond donors (Lipinski definition) is 1. The van der Waals surface area contributed by atoms with Gasteiger partial charge in [0.25, 0.3) is 0 Å². The van der Waals surface area contributed by atoms with E-state index in [4.69, 9.17) is 4.74 Å². The molecule has 6 nitrogen and oxygen atoms in total. The number of anilines is 1. The van der Waals surface area contributed by atoms with E-state index in [-0.39, 0.29) is 22.9 Å². The summed E-state index contributed by atoms with van der Waals surface area (Å²) in [5.41, 5.74) is 0.896. The van der Waals surface area contributed by atoms with E-state index in [0.29, 0.717) is 18.9 Å². The van der Waals surface area contributed by atoms with Gasteiger partial charge in [0.15, 0.2) is 0 Å². The average molecular weight is 365 g/mol. The van der Waals surface area contributed by atoms with Crippen LogP contribution in [0.5, 0.6) is 0 Å². The van der Waals surface area contributed by atoms with Crippen molar-refractivity contribution in [3.05, 3.63) is 54.0 Å². The van der Waals surface area contributed by atoms with Crippen molar-refractivity contribution in [2.75, 3.05) is 25.0 Å². The Bertz CT molecular complexity index is 825. The standard InChI is InChI=1S/C17H20FN3O3S/c1-12-10-21(11-16(24-12)13-3-5-14(18)6-4-13)17-8-7-15(9-20-17)25(22,23)19-2/h3-9,12,16,19H,10-11H2,1-2H3. The Labute approximate surface area is 146 Å². The maximum atomic E-state index is 13.1. The zero-order chi connectivity index (χ0) is 18.0. The van der Waals surface area contributed by atoms with E-state index < -0.39 is 10.0 Å². The van der Waals surface area contributed by atoms with Gasteiger partial charge in [-0.1, -0.05) is 12.1 Å². The number of hydrogen-bond acceptors (Lipinski definition) is 5. The molecule has 0 bridgehead atoms. The molecule has 1 N–H and O–H groups in total. The van der Waals surface area contributed by atoms with Gasteiger partial charge in [-0.15, -0.1) is 0 Å². The zero-order valence-electron chi connectivity index (χ0n) is 14.0. The number of rotatable bonds is 4. The lowest BCUT2D eigenvalue weighted by molar-refractivity contribution is -0.0176. The molecule has 1 aromatic carbocycles. The van der Waals surface area contributed by atoms with Crippen molar-refractivity contribution in [2.24, 2.45) is 0 Å². The fraction of sp³-hybridized carbons (Fsp3) is 0.353. The van der Waals surface area contributed by atoms with E-state index in [9.17, 15) is 12.8 Å². The first-order chi connectivity index (χ1) is 11.9. The van der Waals surface area contributed by atoms with E-state index in [0.717, 1.165) is 5.56 Å². The van der Waals surface area contributed by atoms with Crippen LogP contribution in [-0.4, -0.2) is 39.6 Å². The molecule has 0 spiro atoms. The lowest BCUT2D eigenvalue weighted by Crippen LogP contribution is -2.43. The number of aromatic nitrogens is 1. The van der Waals surface area contributed by atoms with Crippen molar-refractivity contribution in [2.45, 2.75) is 24.0 Å².